The minimum absolute atomic E-state index is 0.0977. The standard InChI is InChI=1S/C16H14FN3O3/c17-13-4-2-1-3-11(13)9-19-15(22)16(23)20-12-7-5-10(6-8-12)14(18)21/h1-8H,9H2,(H2,18,21)(H,19,22)(H,20,23). The van der Waals surface area contributed by atoms with E-state index >= 15 is 0 Å². The van der Waals surface area contributed by atoms with Gasteiger partial charge >= 0.3 is 11.8 Å². The average molecular weight is 315 g/mol. The molecule has 4 N–H and O–H groups in total. The van der Waals surface area contributed by atoms with Gasteiger partial charge in [-0.15, -0.1) is 0 Å². The Kier molecular flexibility index (Phi) is 5.03. The van der Waals surface area contributed by atoms with E-state index in [1.54, 1.807) is 6.07 Å². The van der Waals surface area contributed by atoms with Crippen LogP contribution in [0.5, 0.6) is 0 Å². The van der Waals surface area contributed by atoms with Gasteiger partial charge in [-0.2, -0.15) is 0 Å². The Balaban J connectivity index is 1.91. The van der Waals surface area contributed by atoms with Crippen LogP contribution in [0, 0.1) is 5.82 Å². The summed E-state index contributed by atoms with van der Waals surface area (Å²) < 4.78 is 13.4. The Morgan fingerprint density at radius 3 is 2.22 bits per heavy atom. The first-order valence-corrected chi connectivity index (χ1v) is 6.70. The van der Waals surface area contributed by atoms with Crippen molar-refractivity contribution in [3.05, 3.63) is 65.5 Å². The molecular weight excluding hydrogens is 301 g/mol. The Morgan fingerprint density at radius 1 is 0.957 bits per heavy atom. The van der Waals surface area contributed by atoms with Crippen LogP contribution in [0.25, 0.3) is 0 Å². The lowest BCUT2D eigenvalue weighted by Gasteiger charge is -2.07. The minimum Gasteiger partial charge on any atom is -0.366 e. The van der Waals surface area contributed by atoms with E-state index < -0.39 is 23.5 Å². The number of halogens is 1. The maximum Gasteiger partial charge on any atom is 0.313 e. The number of carbonyl (C=O) groups excluding carboxylic acids is 3. The van der Waals surface area contributed by atoms with Gasteiger partial charge in [0.1, 0.15) is 5.82 Å². The van der Waals surface area contributed by atoms with Crippen molar-refractivity contribution < 1.29 is 18.8 Å². The van der Waals surface area contributed by atoms with E-state index in [9.17, 15) is 18.8 Å². The van der Waals surface area contributed by atoms with Crippen LogP contribution in [-0.4, -0.2) is 17.7 Å². The molecule has 0 unspecified atom stereocenters. The largest absolute Gasteiger partial charge is 0.366 e. The SMILES string of the molecule is NC(=O)c1ccc(NC(=O)C(=O)NCc2ccccc2F)cc1. The lowest BCUT2D eigenvalue weighted by atomic mass is 10.2. The molecule has 0 heterocycles. The van der Waals surface area contributed by atoms with Gasteiger partial charge < -0.3 is 16.4 Å². The van der Waals surface area contributed by atoms with Crippen molar-refractivity contribution in [1.82, 2.24) is 5.32 Å². The molecular formula is C16H14FN3O3. The highest BCUT2D eigenvalue weighted by molar-refractivity contribution is 6.39. The van der Waals surface area contributed by atoms with Gasteiger partial charge in [-0.25, -0.2) is 4.39 Å². The number of hydrogen-bond donors (Lipinski definition) is 3. The van der Waals surface area contributed by atoms with Crippen LogP contribution in [-0.2, 0) is 16.1 Å². The lowest BCUT2D eigenvalue weighted by molar-refractivity contribution is -0.136. The van der Waals surface area contributed by atoms with Crippen molar-refractivity contribution in [3.8, 4) is 0 Å². The van der Waals surface area contributed by atoms with Gasteiger partial charge in [0.05, 0.1) is 0 Å². The summed E-state index contributed by atoms with van der Waals surface area (Å²) in [5.41, 5.74) is 6.00. The molecule has 0 fully saturated rings. The van der Waals surface area contributed by atoms with Crippen molar-refractivity contribution in [2.24, 2.45) is 5.73 Å². The average Bonchev–Trinajstić information content (AvgIpc) is 2.54. The van der Waals surface area contributed by atoms with E-state index in [0.29, 0.717) is 5.69 Å². The van der Waals surface area contributed by atoms with Crippen LogP contribution in [0.1, 0.15) is 15.9 Å². The number of nitrogens with two attached hydrogens (primary N) is 1. The van der Waals surface area contributed by atoms with Crippen LogP contribution in [0.3, 0.4) is 0 Å². The van der Waals surface area contributed by atoms with Crippen LogP contribution in [0.4, 0.5) is 10.1 Å². The number of hydrogen-bond acceptors (Lipinski definition) is 3. The fourth-order valence-corrected chi connectivity index (χ4v) is 1.80. The molecule has 6 nitrogen and oxygen atoms in total. The number of anilines is 1. The lowest BCUT2D eigenvalue weighted by Crippen LogP contribution is -2.35. The van der Waals surface area contributed by atoms with Gasteiger partial charge in [-0.1, -0.05) is 18.2 Å². The molecule has 0 atom stereocenters. The Morgan fingerprint density at radius 2 is 1.61 bits per heavy atom. The van der Waals surface area contributed by atoms with Crippen LogP contribution in [0.15, 0.2) is 48.5 Å². The van der Waals surface area contributed by atoms with E-state index in [0.717, 1.165) is 0 Å². The second-order valence-electron chi connectivity index (χ2n) is 4.67. The Bertz CT molecular complexity index is 744. The van der Waals surface area contributed by atoms with Gasteiger partial charge in [0, 0.05) is 23.4 Å². The molecule has 0 saturated heterocycles. The van der Waals surface area contributed by atoms with Crippen molar-refractivity contribution in [2.75, 3.05) is 5.32 Å². The summed E-state index contributed by atoms with van der Waals surface area (Å²) in [6.07, 6.45) is 0. The molecule has 118 valence electrons. The van der Waals surface area contributed by atoms with E-state index in [-0.39, 0.29) is 17.7 Å². The zero-order valence-electron chi connectivity index (χ0n) is 12.0. The summed E-state index contributed by atoms with van der Waals surface area (Å²) in [6, 6.07) is 11.7. The first kappa shape index (κ1) is 16.2. The quantitative estimate of drug-likeness (QED) is 0.738. The maximum absolute atomic E-state index is 13.4. The summed E-state index contributed by atoms with van der Waals surface area (Å²) in [4.78, 5) is 34.3. The third kappa shape index (κ3) is 4.37. The molecule has 0 aromatic heterocycles. The first-order chi connectivity index (χ1) is 11.0. The summed E-state index contributed by atoms with van der Waals surface area (Å²) >= 11 is 0. The van der Waals surface area contributed by atoms with Gasteiger partial charge in [-0.05, 0) is 30.3 Å². The fraction of sp³-hybridized carbons (Fsp3) is 0.0625. The summed E-state index contributed by atoms with van der Waals surface area (Å²) in [5.74, 6) is -2.85. The molecule has 0 saturated carbocycles. The zero-order valence-corrected chi connectivity index (χ0v) is 12.0. The molecule has 0 bridgehead atoms. The minimum atomic E-state index is -0.896. The predicted octanol–water partition coefficient (Wildman–Crippen LogP) is 1.18. The third-order valence-electron chi connectivity index (χ3n) is 3.03. The second-order valence-corrected chi connectivity index (χ2v) is 4.67. The van der Waals surface area contributed by atoms with E-state index in [1.165, 1.54) is 42.5 Å². The highest BCUT2D eigenvalue weighted by Crippen LogP contribution is 2.09. The highest BCUT2D eigenvalue weighted by atomic mass is 19.1. The Hall–Kier alpha value is -3.22. The molecule has 0 radical (unpaired) electrons. The van der Waals surface area contributed by atoms with Crippen molar-refractivity contribution in [1.29, 1.82) is 0 Å². The number of primary amides is 1. The molecule has 0 aliphatic rings. The molecule has 7 heteroatoms. The van der Waals surface area contributed by atoms with E-state index in [1.807, 2.05) is 0 Å². The smallest absolute Gasteiger partial charge is 0.313 e. The van der Waals surface area contributed by atoms with Gasteiger partial charge in [0.2, 0.25) is 5.91 Å². The van der Waals surface area contributed by atoms with Crippen LogP contribution >= 0.6 is 0 Å². The van der Waals surface area contributed by atoms with Crippen molar-refractivity contribution >= 4 is 23.4 Å². The van der Waals surface area contributed by atoms with Gasteiger partial charge in [-0.3, -0.25) is 14.4 Å². The van der Waals surface area contributed by atoms with E-state index in [4.69, 9.17) is 5.73 Å². The zero-order chi connectivity index (χ0) is 16.8. The normalized spacial score (nSPS) is 9.96. The predicted molar refractivity (Wildman–Crippen MR) is 81.8 cm³/mol. The molecule has 0 spiro atoms. The molecule has 2 aromatic rings. The highest BCUT2D eigenvalue weighted by Gasteiger charge is 2.14. The molecule has 0 aliphatic heterocycles. The molecule has 2 rings (SSSR count). The summed E-state index contributed by atoms with van der Waals surface area (Å²) in [6.45, 7) is -0.0977. The van der Waals surface area contributed by atoms with Gasteiger partial charge in [0.25, 0.3) is 0 Å². The number of amides is 3. The monoisotopic (exact) mass is 315 g/mol. The van der Waals surface area contributed by atoms with Crippen molar-refractivity contribution in [3.63, 3.8) is 0 Å². The van der Waals surface area contributed by atoms with Crippen LogP contribution < -0.4 is 16.4 Å². The van der Waals surface area contributed by atoms with Gasteiger partial charge in [0.15, 0.2) is 0 Å². The molecule has 23 heavy (non-hydrogen) atoms. The molecule has 2 aromatic carbocycles. The third-order valence-corrected chi connectivity index (χ3v) is 3.03. The molecule has 3 amide bonds. The summed E-state index contributed by atoms with van der Waals surface area (Å²) in [7, 11) is 0. The number of carbonyl (C=O) groups is 3. The number of rotatable bonds is 4. The number of benzene rings is 2. The molecule has 0 aliphatic carbocycles. The van der Waals surface area contributed by atoms with Crippen molar-refractivity contribution in [2.45, 2.75) is 6.54 Å². The second kappa shape index (κ2) is 7.17. The Labute approximate surface area is 131 Å². The van der Waals surface area contributed by atoms with Crippen LogP contribution in [0.2, 0.25) is 0 Å². The number of nitrogens with one attached hydrogen (secondary N) is 2. The fourth-order valence-electron chi connectivity index (χ4n) is 1.80. The topological polar surface area (TPSA) is 101 Å². The van der Waals surface area contributed by atoms with E-state index in [2.05, 4.69) is 10.6 Å². The summed E-state index contributed by atoms with van der Waals surface area (Å²) in [5, 5.41) is 4.69. The maximum atomic E-state index is 13.4. The first-order valence-electron chi connectivity index (χ1n) is 6.70.